The minimum absolute atomic E-state index is 0.00710. The van der Waals surface area contributed by atoms with Crippen molar-refractivity contribution in [2.45, 2.75) is 100 Å². The maximum absolute atomic E-state index is 10.1. The summed E-state index contributed by atoms with van der Waals surface area (Å²) >= 11 is 0. The van der Waals surface area contributed by atoms with Gasteiger partial charge in [0.25, 0.3) is 0 Å². The summed E-state index contributed by atoms with van der Waals surface area (Å²) in [6.45, 7) is 19.5. The van der Waals surface area contributed by atoms with Crippen molar-refractivity contribution in [1.82, 2.24) is 0 Å². The van der Waals surface area contributed by atoms with Crippen molar-refractivity contribution in [2.24, 2.45) is 10.8 Å². The Bertz CT molecular complexity index is 1240. The van der Waals surface area contributed by atoms with Crippen LogP contribution in [0, 0.1) is 10.8 Å². The van der Waals surface area contributed by atoms with Gasteiger partial charge in [-0.2, -0.15) is 0 Å². The largest absolute Gasteiger partial charge is 0.393 e. The lowest BCUT2D eigenvalue weighted by Gasteiger charge is -2.35. The molecule has 2 N–H and O–H groups in total. The fraction of sp³-hybridized carbons (Fsp3) is 0.436. The van der Waals surface area contributed by atoms with E-state index in [1.807, 2.05) is 24.3 Å². The topological polar surface area (TPSA) is 40.5 Å². The number of hydrogen-bond donors (Lipinski definition) is 2. The van der Waals surface area contributed by atoms with Crippen LogP contribution in [-0.2, 0) is 0 Å². The quantitative estimate of drug-likeness (QED) is 0.264. The van der Waals surface area contributed by atoms with Crippen LogP contribution in [0.1, 0.15) is 88.0 Å². The van der Waals surface area contributed by atoms with Crippen LogP contribution in [-0.4, -0.2) is 22.4 Å². The molecule has 0 aromatic carbocycles. The summed E-state index contributed by atoms with van der Waals surface area (Å²) in [5.74, 6) is 0. The minimum atomic E-state index is -0.226. The Balaban J connectivity index is 1.85. The van der Waals surface area contributed by atoms with Crippen molar-refractivity contribution in [2.75, 3.05) is 0 Å². The molecule has 0 aromatic rings. The fourth-order valence-electron chi connectivity index (χ4n) is 5.98. The molecule has 0 saturated carbocycles. The highest BCUT2D eigenvalue weighted by molar-refractivity contribution is 5.39. The van der Waals surface area contributed by atoms with Gasteiger partial charge in [0, 0.05) is 0 Å². The highest BCUT2D eigenvalue weighted by Gasteiger charge is 2.32. The monoisotopic (exact) mass is 554 g/mol. The Morgan fingerprint density at radius 2 is 0.902 bits per heavy atom. The van der Waals surface area contributed by atoms with Gasteiger partial charge in [-0.1, -0.05) is 147 Å². The Morgan fingerprint density at radius 1 is 0.561 bits per heavy atom. The van der Waals surface area contributed by atoms with Crippen LogP contribution in [0.2, 0.25) is 0 Å². The van der Waals surface area contributed by atoms with Crippen LogP contribution in [0.15, 0.2) is 130 Å². The van der Waals surface area contributed by atoms with E-state index >= 15 is 0 Å². The second kappa shape index (κ2) is 15.9. The van der Waals surface area contributed by atoms with Gasteiger partial charge in [-0.05, 0) is 82.3 Å². The van der Waals surface area contributed by atoms with Crippen molar-refractivity contribution >= 4 is 0 Å². The van der Waals surface area contributed by atoms with Gasteiger partial charge >= 0.3 is 0 Å². The molecule has 0 saturated heterocycles. The maximum atomic E-state index is 10.1. The summed E-state index contributed by atoms with van der Waals surface area (Å²) in [6.07, 6.45) is 34.3. The van der Waals surface area contributed by atoms with Gasteiger partial charge in [-0.3, -0.25) is 0 Å². The van der Waals surface area contributed by atoms with Crippen molar-refractivity contribution in [3.63, 3.8) is 0 Å². The molecule has 0 aliphatic heterocycles. The van der Waals surface area contributed by atoms with Crippen LogP contribution in [0.3, 0.4) is 0 Å². The molecule has 2 aliphatic carbocycles. The molecule has 0 spiro atoms. The molecular formula is C39H54O2. The van der Waals surface area contributed by atoms with Crippen molar-refractivity contribution in [1.29, 1.82) is 0 Å². The van der Waals surface area contributed by atoms with Gasteiger partial charge in [0.15, 0.2) is 0 Å². The molecule has 222 valence electrons. The molecule has 2 atom stereocenters. The molecule has 0 fully saturated rings. The standard InChI is InChI=1S/C39H54O2/c1-29(19-16-20-31(3)22-24-37-33(5)26-35(41)28-39(37,8)9)17-14-12-10-11-13-15-18-30(2)21-23-36-32(4)25-34(40)27-38(36,6)7/h10-24,34-35,40-41H,25-28H2,1-9H3. The zero-order valence-electron chi connectivity index (χ0n) is 27.0. The first-order valence-electron chi connectivity index (χ1n) is 15.0. The normalized spacial score (nSPS) is 25.1. The molecule has 2 unspecified atom stereocenters. The zero-order valence-corrected chi connectivity index (χ0v) is 27.0. The Kier molecular flexibility index (Phi) is 13.3. The highest BCUT2D eigenvalue weighted by atomic mass is 16.3. The second-order valence-electron chi connectivity index (χ2n) is 13.2. The minimum Gasteiger partial charge on any atom is -0.393 e. The van der Waals surface area contributed by atoms with E-state index in [9.17, 15) is 10.2 Å². The summed E-state index contributed by atoms with van der Waals surface area (Å²) in [5, 5.41) is 20.2. The van der Waals surface area contributed by atoms with E-state index in [0.29, 0.717) is 0 Å². The van der Waals surface area contributed by atoms with E-state index in [-0.39, 0.29) is 23.0 Å². The third-order valence-corrected chi connectivity index (χ3v) is 7.97. The lowest BCUT2D eigenvalue weighted by molar-refractivity contribution is 0.116. The van der Waals surface area contributed by atoms with E-state index in [0.717, 1.165) is 25.7 Å². The second-order valence-corrected chi connectivity index (χ2v) is 13.2. The average molecular weight is 555 g/mol. The molecule has 2 aliphatic rings. The third kappa shape index (κ3) is 11.8. The Hall–Kier alpha value is -2.94. The van der Waals surface area contributed by atoms with Crippen LogP contribution in [0.4, 0.5) is 0 Å². The van der Waals surface area contributed by atoms with Crippen LogP contribution in [0.5, 0.6) is 0 Å². The predicted molar refractivity (Wildman–Crippen MR) is 180 cm³/mol. The summed E-state index contributed by atoms with van der Waals surface area (Å²) in [6, 6.07) is 0. The smallest absolute Gasteiger partial charge is 0.0585 e. The molecule has 0 radical (unpaired) electrons. The van der Waals surface area contributed by atoms with Crippen molar-refractivity contribution < 1.29 is 10.2 Å². The van der Waals surface area contributed by atoms with Crippen molar-refractivity contribution in [3.8, 4) is 0 Å². The summed E-state index contributed by atoms with van der Waals surface area (Å²) in [7, 11) is 0. The van der Waals surface area contributed by atoms with E-state index in [1.54, 1.807) is 0 Å². The SMILES string of the molecule is CC(C=CC=C(C)C=CC1=C(C)CC(O)CC1(C)C)=CC=CC=CC=CC=C(C)C=CC1=C(C)CC(O)CC1(C)C. The molecular weight excluding hydrogens is 500 g/mol. The fourth-order valence-corrected chi connectivity index (χ4v) is 5.98. The molecule has 0 bridgehead atoms. The van der Waals surface area contributed by atoms with Gasteiger partial charge in [-0.15, -0.1) is 0 Å². The van der Waals surface area contributed by atoms with E-state index in [4.69, 9.17) is 0 Å². The Morgan fingerprint density at radius 3 is 1.29 bits per heavy atom. The first-order valence-corrected chi connectivity index (χ1v) is 15.0. The van der Waals surface area contributed by atoms with Gasteiger partial charge in [0.05, 0.1) is 12.2 Å². The van der Waals surface area contributed by atoms with E-state index in [2.05, 4.69) is 129 Å². The van der Waals surface area contributed by atoms with E-state index < -0.39 is 0 Å². The first-order chi connectivity index (χ1) is 19.2. The molecule has 2 heteroatoms. The summed E-state index contributed by atoms with van der Waals surface area (Å²) in [5.41, 5.74) is 8.87. The molecule has 2 nitrogen and oxygen atoms in total. The van der Waals surface area contributed by atoms with Crippen LogP contribution >= 0.6 is 0 Å². The molecule has 0 aromatic heterocycles. The molecule has 0 amide bonds. The molecule has 0 heterocycles. The van der Waals surface area contributed by atoms with Crippen LogP contribution < -0.4 is 0 Å². The molecule has 2 rings (SSSR count). The van der Waals surface area contributed by atoms with Crippen molar-refractivity contribution in [3.05, 3.63) is 130 Å². The maximum Gasteiger partial charge on any atom is 0.0585 e. The Labute approximate surface area is 251 Å². The summed E-state index contributed by atoms with van der Waals surface area (Å²) in [4.78, 5) is 0. The lowest BCUT2D eigenvalue weighted by atomic mass is 9.71. The zero-order chi connectivity index (χ0) is 30.6. The number of rotatable bonds is 10. The summed E-state index contributed by atoms with van der Waals surface area (Å²) < 4.78 is 0. The number of hydrogen-bond acceptors (Lipinski definition) is 2. The number of aliphatic hydroxyl groups excluding tert-OH is 2. The van der Waals surface area contributed by atoms with Crippen LogP contribution in [0.25, 0.3) is 0 Å². The molecule has 41 heavy (non-hydrogen) atoms. The predicted octanol–water partition coefficient (Wildman–Crippen LogP) is 10.2. The van der Waals surface area contributed by atoms with Gasteiger partial charge in [0.1, 0.15) is 0 Å². The third-order valence-electron chi connectivity index (χ3n) is 7.97. The average Bonchev–Trinajstić information content (AvgIpc) is 2.83. The van der Waals surface area contributed by atoms with Gasteiger partial charge in [-0.25, -0.2) is 0 Å². The van der Waals surface area contributed by atoms with Gasteiger partial charge < -0.3 is 10.2 Å². The first kappa shape index (κ1) is 34.3. The highest BCUT2D eigenvalue weighted by Crippen LogP contribution is 2.42. The number of aliphatic hydroxyl groups is 2. The lowest BCUT2D eigenvalue weighted by Crippen LogP contribution is -2.28. The number of allylic oxidation sites excluding steroid dienone is 20. The van der Waals surface area contributed by atoms with E-state index in [1.165, 1.54) is 39.0 Å². The van der Waals surface area contributed by atoms with Gasteiger partial charge in [0.2, 0.25) is 0 Å².